The van der Waals surface area contributed by atoms with Gasteiger partial charge in [-0.2, -0.15) is 4.98 Å². The molecule has 0 atom stereocenters. The summed E-state index contributed by atoms with van der Waals surface area (Å²) in [6.45, 7) is 0. The summed E-state index contributed by atoms with van der Waals surface area (Å²) in [7, 11) is 0. The third-order valence-electron chi connectivity index (χ3n) is 3.00. The van der Waals surface area contributed by atoms with E-state index >= 15 is 0 Å². The van der Waals surface area contributed by atoms with E-state index in [9.17, 15) is 0 Å². The Kier molecular flexibility index (Phi) is 3.90. The van der Waals surface area contributed by atoms with Gasteiger partial charge in [0.05, 0.1) is 15.4 Å². The molecule has 2 aromatic rings. The minimum atomic E-state index is -0.423. The summed E-state index contributed by atoms with van der Waals surface area (Å²) in [6.07, 6.45) is 2.89. The van der Waals surface area contributed by atoms with Crippen LogP contribution in [0.5, 0.6) is 0 Å². The molecule has 0 aliphatic heterocycles. The van der Waals surface area contributed by atoms with Crippen molar-refractivity contribution >= 4 is 46.9 Å². The fourth-order valence-electron chi connectivity index (χ4n) is 1.80. The Bertz CT molecular complexity index is 564. The maximum atomic E-state index is 6.12. The van der Waals surface area contributed by atoms with Gasteiger partial charge in [-0.05, 0) is 25.3 Å². The second kappa shape index (κ2) is 4.98. The lowest BCUT2D eigenvalue weighted by Gasteiger charge is -2.34. The van der Waals surface area contributed by atoms with Crippen LogP contribution in [-0.4, -0.2) is 10.1 Å². The van der Waals surface area contributed by atoms with Crippen molar-refractivity contribution in [1.82, 2.24) is 10.1 Å². The molecule has 0 spiro atoms. The summed E-state index contributed by atoms with van der Waals surface area (Å²) >= 11 is 13.2. The lowest BCUT2D eigenvalue weighted by atomic mass is 9.77. The SMILES string of the molecule is Cl.NC1(c2noc(-c3cc(Cl)sc3Cl)n2)CCC1. The molecule has 2 aromatic heterocycles. The molecule has 0 unspecified atom stereocenters. The third kappa shape index (κ3) is 2.26. The molecule has 3 rings (SSSR count). The van der Waals surface area contributed by atoms with Crippen LogP contribution >= 0.6 is 46.9 Å². The molecule has 0 aromatic carbocycles. The molecule has 0 radical (unpaired) electrons. The minimum absolute atomic E-state index is 0. The molecule has 8 heteroatoms. The molecule has 2 heterocycles. The third-order valence-corrected chi connectivity index (χ3v) is 4.49. The fraction of sp³-hybridized carbons (Fsp3) is 0.400. The molecule has 0 saturated heterocycles. The van der Waals surface area contributed by atoms with Crippen LogP contribution in [0.4, 0.5) is 0 Å². The van der Waals surface area contributed by atoms with Crippen LogP contribution in [0.1, 0.15) is 25.1 Å². The topological polar surface area (TPSA) is 64.9 Å². The molecule has 1 saturated carbocycles. The summed E-state index contributed by atoms with van der Waals surface area (Å²) in [4.78, 5) is 4.31. The van der Waals surface area contributed by atoms with Gasteiger partial charge in [0.15, 0.2) is 5.82 Å². The lowest BCUT2D eigenvalue weighted by molar-refractivity contribution is 0.229. The molecule has 98 valence electrons. The zero-order valence-electron chi connectivity index (χ0n) is 9.15. The van der Waals surface area contributed by atoms with Crippen LogP contribution < -0.4 is 5.73 Å². The van der Waals surface area contributed by atoms with Gasteiger partial charge in [0.1, 0.15) is 4.34 Å². The van der Waals surface area contributed by atoms with Crippen LogP contribution in [0.15, 0.2) is 10.6 Å². The Morgan fingerprint density at radius 1 is 1.39 bits per heavy atom. The van der Waals surface area contributed by atoms with Crippen molar-refractivity contribution in [1.29, 1.82) is 0 Å². The largest absolute Gasteiger partial charge is 0.334 e. The molecule has 0 bridgehead atoms. The first-order chi connectivity index (χ1) is 8.08. The van der Waals surface area contributed by atoms with Crippen molar-refractivity contribution in [3.63, 3.8) is 0 Å². The monoisotopic (exact) mass is 325 g/mol. The molecular formula is C10H10Cl3N3OS. The maximum Gasteiger partial charge on any atom is 0.260 e. The molecule has 1 fully saturated rings. The standard InChI is InChI=1S/C10H9Cl2N3OS.ClH/c11-6-4-5(7(12)17-6)8-14-9(15-16-8)10(13)2-1-3-10;/h4H,1-3,13H2;1H. The van der Waals surface area contributed by atoms with E-state index in [1.807, 2.05) is 0 Å². The molecule has 0 amide bonds. The predicted molar refractivity (Wildman–Crippen MR) is 74.6 cm³/mol. The fourth-order valence-corrected chi connectivity index (χ4v) is 3.25. The van der Waals surface area contributed by atoms with Gasteiger partial charge in [-0.1, -0.05) is 28.4 Å². The van der Waals surface area contributed by atoms with Crippen molar-refractivity contribution in [2.75, 3.05) is 0 Å². The highest BCUT2D eigenvalue weighted by Crippen LogP contribution is 2.40. The molecule has 2 N–H and O–H groups in total. The number of hydrogen-bond acceptors (Lipinski definition) is 5. The second-order valence-electron chi connectivity index (χ2n) is 4.17. The Hall–Kier alpha value is -0.330. The van der Waals surface area contributed by atoms with Crippen molar-refractivity contribution < 1.29 is 4.52 Å². The zero-order chi connectivity index (χ0) is 12.0. The van der Waals surface area contributed by atoms with Gasteiger partial charge in [0, 0.05) is 0 Å². The Labute approximate surface area is 124 Å². The number of hydrogen-bond donors (Lipinski definition) is 1. The van der Waals surface area contributed by atoms with E-state index in [-0.39, 0.29) is 12.4 Å². The van der Waals surface area contributed by atoms with Gasteiger partial charge < -0.3 is 10.3 Å². The summed E-state index contributed by atoms with van der Waals surface area (Å²) in [6, 6.07) is 1.72. The van der Waals surface area contributed by atoms with Gasteiger partial charge in [-0.15, -0.1) is 23.7 Å². The van der Waals surface area contributed by atoms with Crippen LogP contribution in [0.3, 0.4) is 0 Å². The second-order valence-corrected chi connectivity index (χ2v) is 6.46. The van der Waals surface area contributed by atoms with Crippen LogP contribution in [0.25, 0.3) is 11.5 Å². The number of aromatic nitrogens is 2. The summed E-state index contributed by atoms with van der Waals surface area (Å²) < 4.78 is 6.33. The van der Waals surface area contributed by atoms with Gasteiger partial charge in [0.2, 0.25) is 0 Å². The molecular weight excluding hydrogens is 317 g/mol. The van der Waals surface area contributed by atoms with Gasteiger partial charge in [0.25, 0.3) is 5.89 Å². The lowest BCUT2D eigenvalue weighted by Crippen LogP contribution is -2.44. The van der Waals surface area contributed by atoms with E-state index in [0.717, 1.165) is 19.3 Å². The summed E-state index contributed by atoms with van der Waals surface area (Å²) in [5.74, 6) is 0.932. The van der Waals surface area contributed by atoms with E-state index in [4.69, 9.17) is 33.5 Å². The predicted octanol–water partition coefficient (Wildman–Crippen LogP) is 3.86. The first kappa shape index (κ1) is 14.1. The van der Waals surface area contributed by atoms with E-state index in [1.165, 1.54) is 11.3 Å². The van der Waals surface area contributed by atoms with Crippen LogP contribution in [0, 0.1) is 0 Å². The number of rotatable bonds is 2. The minimum Gasteiger partial charge on any atom is -0.334 e. The maximum absolute atomic E-state index is 6.12. The zero-order valence-corrected chi connectivity index (χ0v) is 12.3. The molecule has 1 aliphatic rings. The van der Waals surface area contributed by atoms with Crippen molar-refractivity contribution in [3.05, 3.63) is 20.6 Å². The smallest absolute Gasteiger partial charge is 0.260 e. The van der Waals surface area contributed by atoms with Crippen LogP contribution in [0.2, 0.25) is 8.67 Å². The number of nitrogens with zero attached hydrogens (tertiary/aromatic N) is 2. The number of nitrogens with two attached hydrogens (primary N) is 1. The highest BCUT2D eigenvalue weighted by Gasteiger charge is 2.39. The molecule has 18 heavy (non-hydrogen) atoms. The summed E-state index contributed by atoms with van der Waals surface area (Å²) in [5.41, 5.74) is 6.36. The van der Waals surface area contributed by atoms with E-state index in [0.29, 0.717) is 26.0 Å². The van der Waals surface area contributed by atoms with E-state index in [2.05, 4.69) is 10.1 Å². The molecule has 1 aliphatic carbocycles. The first-order valence-electron chi connectivity index (χ1n) is 5.17. The average molecular weight is 327 g/mol. The van der Waals surface area contributed by atoms with Crippen LogP contribution in [-0.2, 0) is 5.54 Å². The number of thiophene rings is 1. The van der Waals surface area contributed by atoms with Crippen molar-refractivity contribution in [2.45, 2.75) is 24.8 Å². The highest BCUT2D eigenvalue weighted by atomic mass is 35.5. The average Bonchev–Trinajstić information content (AvgIpc) is 2.81. The van der Waals surface area contributed by atoms with E-state index in [1.54, 1.807) is 6.07 Å². The summed E-state index contributed by atoms with van der Waals surface area (Å²) in [5, 5.41) is 3.93. The molecule has 4 nitrogen and oxygen atoms in total. The number of halogens is 3. The van der Waals surface area contributed by atoms with Crippen molar-refractivity contribution in [2.24, 2.45) is 5.73 Å². The quantitative estimate of drug-likeness (QED) is 0.910. The van der Waals surface area contributed by atoms with Crippen molar-refractivity contribution in [3.8, 4) is 11.5 Å². The first-order valence-corrected chi connectivity index (χ1v) is 6.74. The Balaban J connectivity index is 0.00000120. The van der Waals surface area contributed by atoms with E-state index < -0.39 is 5.54 Å². The van der Waals surface area contributed by atoms with Gasteiger partial charge >= 0.3 is 0 Å². The Morgan fingerprint density at radius 3 is 2.61 bits per heavy atom. The normalized spacial score (nSPS) is 17.1. The Morgan fingerprint density at radius 2 is 2.11 bits per heavy atom. The van der Waals surface area contributed by atoms with Gasteiger partial charge in [-0.3, -0.25) is 0 Å². The van der Waals surface area contributed by atoms with Gasteiger partial charge in [-0.25, -0.2) is 0 Å². The highest BCUT2D eigenvalue weighted by molar-refractivity contribution is 7.20.